The zero-order chi connectivity index (χ0) is 10.7. The molecule has 1 amide bonds. The molecule has 2 rings (SSSR count). The second-order valence-corrected chi connectivity index (χ2v) is 3.51. The second-order valence-electron chi connectivity index (χ2n) is 3.51. The number of carbonyl (C=O) groups is 1. The van der Waals surface area contributed by atoms with Crippen LogP contribution in [0.5, 0.6) is 0 Å². The van der Waals surface area contributed by atoms with Crippen LogP contribution in [-0.4, -0.2) is 17.4 Å². The van der Waals surface area contributed by atoms with Crippen molar-refractivity contribution in [1.82, 2.24) is 10.3 Å². The molecule has 1 aliphatic heterocycles. The SMILES string of the molecule is NC(=O)c1ncccc1C1C=CNCC1. The Bertz CT molecular complexity index is 401. The quantitative estimate of drug-likeness (QED) is 0.746. The van der Waals surface area contributed by atoms with Crippen LogP contribution < -0.4 is 11.1 Å². The maximum Gasteiger partial charge on any atom is 0.267 e. The summed E-state index contributed by atoms with van der Waals surface area (Å²) in [6.07, 6.45) is 6.50. The first-order valence-electron chi connectivity index (χ1n) is 4.94. The summed E-state index contributed by atoms with van der Waals surface area (Å²) in [7, 11) is 0. The fourth-order valence-electron chi connectivity index (χ4n) is 1.78. The van der Waals surface area contributed by atoms with Crippen LogP contribution in [0.2, 0.25) is 0 Å². The monoisotopic (exact) mass is 203 g/mol. The van der Waals surface area contributed by atoms with E-state index in [2.05, 4.69) is 10.3 Å². The van der Waals surface area contributed by atoms with Crippen molar-refractivity contribution in [3.63, 3.8) is 0 Å². The van der Waals surface area contributed by atoms with Gasteiger partial charge in [-0.05, 0) is 24.3 Å². The van der Waals surface area contributed by atoms with Gasteiger partial charge in [0.1, 0.15) is 5.69 Å². The van der Waals surface area contributed by atoms with Crippen LogP contribution in [0, 0.1) is 0 Å². The number of aromatic nitrogens is 1. The summed E-state index contributed by atoms with van der Waals surface area (Å²) in [5.41, 5.74) is 6.58. The molecule has 1 atom stereocenters. The second kappa shape index (κ2) is 4.13. The van der Waals surface area contributed by atoms with Gasteiger partial charge in [-0.2, -0.15) is 0 Å². The van der Waals surface area contributed by atoms with E-state index >= 15 is 0 Å². The van der Waals surface area contributed by atoms with Crippen molar-refractivity contribution >= 4 is 5.91 Å². The Morgan fingerprint density at radius 2 is 2.47 bits per heavy atom. The zero-order valence-corrected chi connectivity index (χ0v) is 8.31. The van der Waals surface area contributed by atoms with Crippen LogP contribution >= 0.6 is 0 Å². The Balaban J connectivity index is 2.37. The van der Waals surface area contributed by atoms with E-state index in [4.69, 9.17) is 5.73 Å². The van der Waals surface area contributed by atoms with Gasteiger partial charge in [0, 0.05) is 18.7 Å². The predicted molar refractivity (Wildman–Crippen MR) is 57.3 cm³/mol. The first-order valence-corrected chi connectivity index (χ1v) is 4.94. The highest BCUT2D eigenvalue weighted by Crippen LogP contribution is 2.24. The lowest BCUT2D eigenvalue weighted by molar-refractivity contribution is 0.0994. The molecule has 1 aromatic heterocycles. The molecule has 0 radical (unpaired) electrons. The molecule has 4 nitrogen and oxygen atoms in total. The van der Waals surface area contributed by atoms with Crippen LogP contribution in [-0.2, 0) is 0 Å². The largest absolute Gasteiger partial charge is 0.391 e. The topological polar surface area (TPSA) is 68.0 Å². The molecular weight excluding hydrogens is 190 g/mol. The number of pyridine rings is 1. The van der Waals surface area contributed by atoms with Crippen LogP contribution in [0.25, 0.3) is 0 Å². The number of amides is 1. The van der Waals surface area contributed by atoms with Gasteiger partial charge in [-0.25, -0.2) is 0 Å². The minimum atomic E-state index is -0.461. The molecule has 1 aliphatic rings. The van der Waals surface area contributed by atoms with Crippen molar-refractivity contribution in [3.8, 4) is 0 Å². The Kier molecular flexibility index (Phi) is 2.67. The third-order valence-corrected chi connectivity index (χ3v) is 2.52. The predicted octanol–water partition coefficient (Wildman–Crippen LogP) is 0.771. The summed E-state index contributed by atoms with van der Waals surface area (Å²) >= 11 is 0. The first-order chi connectivity index (χ1) is 7.29. The van der Waals surface area contributed by atoms with Crippen molar-refractivity contribution in [2.24, 2.45) is 5.73 Å². The smallest absolute Gasteiger partial charge is 0.267 e. The molecule has 78 valence electrons. The van der Waals surface area contributed by atoms with Gasteiger partial charge in [-0.15, -0.1) is 0 Å². The molecule has 1 aromatic rings. The average Bonchev–Trinajstić information content (AvgIpc) is 2.30. The molecule has 1 unspecified atom stereocenters. The summed E-state index contributed by atoms with van der Waals surface area (Å²) in [6.45, 7) is 0.911. The maximum atomic E-state index is 11.2. The lowest BCUT2D eigenvalue weighted by Crippen LogP contribution is -2.21. The highest BCUT2D eigenvalue weighted by atomic mass is 16.1. The number of nitrogens with one attached hydrogen (secondary N) is 1. The van der Waals surface area contributed by atoms with Crippen molar-refractivity contribution in [2.45, 2.75) is 12.3 Å². The third kappa shape index (κ3) is 1.98. The van der Waals surface area contributed by atoms with E-state index in [0.29, 0.717) is 5.69 Å². The number of allylic oxidation sites excluding steroid dienone is 1. The zero-order valence-electron chi connectivity index (χ0n) is 8.31. The van der Waals surface area contributed by atoms with Crippen LogP contribution in [0.15, 0.2) is 30.6 Å². The van der Waals surface area contributed by atoms with Crippen LogP contribution in [0.1, 0.15) is 28.4 Å². The van der Waals surface area contributed by atoms with E-state index in [9.17, 15) is 4.79 Å². The Morgan fingerprint density at radius 1 is 1.60 bits per heavy atom. The molecule has 2 heterocycles. The highest BCUT2D eigenvalue weighted by molar-refractivity contribution is 5.92. The highest BCUT2D eigenvalue weighted by Gasteiger charge is 2.17. The van der Waals surface area contributed by atoms with E-state index in [-0.39, 0.29) is 5.92 Å². The average molecular weight is 203 g/mol. The molecule has 0 aromatic carbocycles. The Labute approximate surface area is 88.2 Å². The van der Waals surface area contributed by atoms with Gasteiger partial charge in [0.15, 0.2) is 0 Å². The molecule has 0 saturated carbocycles. The van der Waals surface area contributed by atoms with Gasteiger partial charge in [-0.3, -0.25) is 9.78 Å². The summed E-state index contributed by atoms with van der Waals surface area (Å²) in [5, 5.41) is 3.12. The number of primary amides is 1. The lowest BCUT2D eigenvalue weighted by atomic mass is 9.92. The lowest BCUT2D eigenvalue weighted by Gasteiger charge is -2.18. The molecule has 4 heteroatoms. The fourth-order valence-corrected chi connectivity index (χ4v) is 1.78. The molecule has 0 fully saturated rings. The summed E-state index contributed by atoms with van der Waals surface area (Å²) in [6, 6.07) is 3.74. The summed E-state index contributed by atoms with van der Waals surface area (Å²) in [5.74, 6) is -0.222. The van der Waals surface area contributed by atoms with Crippen LogP contribution in [0.4, 0.5) is 0 Å². The Morgan fingerprint density at radius 3 is 3.13 bits per heavy atom. The normalized spacial score (nSPS) is 19.6. The minimum absolute atomic E-state index is 0.238. The van der Waals surface area contributed by atoms with Gasteiger partial charge >= 0.3 is 0 Å². The minimum Gasteiger partial charge on any atom is -0.391 e. The molecule has 0 saturated heterocycles. The van der Waals surface area contributed by atoms with Gasteiger partial charge < -0.3 is 11.1 Å². The number of carbonyl (C=O) groups excluding carboxylic acids is 1. The van der Waals surface area contributed by atoms with Gasteiger partial charge in [0.25, 0.3) is 5.91 Å². The number of hydrogen-bond acceptors (Lipinski definition) is 3. The summed E-state index contributed by atoms with van der Waals surface area (Å²) < 4.78 is 0. The molecule has 0 aliphatic carbocycles. The van der Waals surface area contributed by atoms with Gasteiger partial charge in [-0.1, -0.05) is 12.1 Å². The van der Waals surface area contributed by atoms with Crippen molar-refractivity contribution in [3.05, 3.63) is 41.9 Å². The standard InChI is InChI=1S/C11H13N3O/c12-11(15)10-9(2-1-5-14-10)8-3-6-13-7-4-8/h1-3,5-6,8,13H,4,7H2,(H2,12,15). The van der Waals surface area contributed by atoms with Crippen LogP contribution in [0.3, 0.4) is 0 Å². The fraction of sp³-hybridized carbons (Fsp3) is 0.273. The van der Waals surface area contributed by atoms with E-state index in [1.165, 1.54) is 0 Å². The number of rotatable bonds is 2. The molecular formula is C11H13N3O. The molecule has 3 N–H and O–H groups in total. The number of hydrogen-bond donors (Lipinski definition) is 2. The molecule has 0 spiro atoms. The number of nitrogens with two attached hydrogens (primary N) is 1. The van der Waals surface area contributed by atoms with Crippen molar-refractivity contribution in [1.29, 1.82) is 0 Å². The van der Waals surface area contributed by atoms with E-state index in [0.717, 1.165) is 18.5 Å². The molecule has 15 heavy (non-hydrogen) atoms. The first kappa shape index (κ1) is 9.71. The van der Waals surface area contributed by atoms with E-state index < -0.39 is 5.91 Å². The van der Waals surface area contributed by atoms with E-state index in [1.54, 1.807) is 6.20 Å². The van der Waals surface area contributed by atoms with Crippen molar-refractivity contribution in [2.75, 3.05) is 6.54 Å². The summed E-state index contributed by atoms with van der Waals surface area (Å²) in [4.78, 5) is 15.2. The van der Waals surface area contributed by atoms with E-state index in [1.807, 2.05) is 24.4 Å². The van der Waals surface area contributed by atoms with Gasteiger partial charge in [0.2, 0.25) is 0 Å². The third-order valence-electron chi connectivity index (χ3n) is 2.52. The molecule has 0 bridgehead atoms. The van der Waals surface area contributed by atoms with Crippen molar-refractivity contribution < 1.29 is 4.79 Å². The maximum absolute atomic E-state index is 11.2. The number of nitrogens with zero attached hydrogens (tertiary/aromatic N) is 1. The van der Waals surface area contributed by atoms with Gasteiger partial charge in [0.05, 0.1) is 0 Å². The Hall–Kier alpha value is -1.84.